The molecule has 0 aliphatic heterocycles. The van der Waals surface area contributed by atoms with E-state index in [4.69, 9.17) is 5.73 Å². The van der Waals surface area contributed by atoms with E-state index in [0.29, 0.717) is 13.0 Å². The number of aliphatic hydroxyl groups is 1. The summed E-state index contributed by atoms with van der Waals surface area (Å²) in [6, 6.07) is 10.2. The summed E-state index contributed by atoms with van der Waals surface area (Å²) < 4.78 is 0. The van der Waals surface area contributed by atoms with Crippen LogP contribution in [0.25, 0.3) is 0 Å². The Balaban J connectivity index is 2.27. The van der Waals surface area contributed by atoms with Gasteiger partial charge in [-0.05, 0) is 31.4 Å². The van der Waals surface area contributed by atoms with Crippen LogP contribution in [0, 0.1) is 0 Å². The van der Waals surface area contributed by atoms with Crippen LogP contribution in [0.15, 0.2) is 30.3 Å². The van der Waals surface area contributed by atoms with E-state index >= 15 is 0 Å². The van der Waals surface area contributed by atoms with Gasteiger partial charge in [0.1, 0.15) is 0 Å². The molecule has 0 amide bonds. The Bertz CT molecular complexity index is 223. The average Bonchev–Trinajstić information content (AvgIpc) is 2.17. The SMILES string of the molecule is NCC[C@@H](O)CCc1ccccc1. The lowest BCUT2D eigenvalue weighted by atomic mass is 10.1. The monoisotopic (exact) mass is 179 g/mol. The number of aliphatic hydroxyl groups excluding tert-OH is 1. The van der Waals surface area contributed by atoms with Crippen molar-refractivity contribution in [3.8, 4) is 0 Å². The number of rotatable bonds is 5. The summed E-state index contributed by atoms with van der Waals surface area (Å²) in [5.74, 6) is 0. The van der Waals surface area contributed by atoms with Gasteiger partial charge in [-0.1, -0.05) is 30.3 Å². The maximum Gasteiger partial charge on any atom is 0.0555 e. The molecule has 1 rings (SSSR count). The minimum atomic E-state index is -0.245. The fourth-order valence-corrected chi connectivity index (χ4v) is 1.31. The maximum atomic E-state index is 9.43. The molecule has 0 saturated heterocycles. The van der Waals surface area contributed by atoms with E-state index in [0.717, 1.165) is 12.8 Å². The van der Waals surface area contributed by atoms with Crippen molar-refractivity contribution in [2.24, 2.45) is 5.73 Å². The molecule has 1 aromatic rings. The van der Waals surface area contributed by atoms with Crippen molar-refractivity contribution in [1.29, 1.82) is 0 Å². The van der Waals surface area contributed by atoms with E-state index in [1.807, 2.05) is 18.2 Å². The van der Waals surface area contributed by atoms with Gasteiger partial charge in [-0.3, -0.25) is 0 Å². The van der Waals surface area contributed by atoms with Crippen LogP contribution in [0.1, 0.15) is 18.4 Å². The molecule has 0 aliphatic carbocycles. The van der Waals surface area contributed by atoms with Crippen molar-refractivity contribution in [2.75, 3.05) is 6.54 Å². The Morgan fingerprint density at radius 1 is 1.15 bits per heavy atom. The summed E-state index contributed by atoms with van der Waals surface area (Å²) in [5.41, 5.74) is 6.61. The fraction of sp³-hybridized carbons (Fsp3) is 0.455. The van der Waals surface area contributed by atoms with Crippen molar-refractivity contribution >= 4 is 0 Å². The molecule has 0 fully saturated rings. The lowest BCUT2D eigenvalue weighted by Gasteiger charge is -2.08. The molecule has 72 valence electrons. The van der Waals surface area contributed by atoms with Crippen LogP contribution in [0.2, 0.25) is 0 Å². The summed E-state index contributed by atoms with van der Waals surface area (Å²) in [6.45, 7) is 0.565. The summed E-state index contributed by atoms with van der Waals surface area (Å²) in [4.78, 5) is 0. The van der Waals surface area contributed by atoms with E-state index in [-0.39, 0.29) is 6.10 Å². The van der Waals surface area contributed by atoms with Gasteiger partial charge >= 0.3 is 0 Å². The molecule has 0 heterocycles. The molecule has 13 heavy (non-hydrogen) atoms. The van der Waals surface area contributed by atoms with E-state index in [2.05, 4.69) is 12.1 Å². The molecule has 3 N–H and O–H groups in total. The second kappa shape index (κ2) is 5.73. The van der Waals surface area contributed by atoms with Gasteiger partial charge in [-0.15, -0.1) is 0 Å². The van der Waals surface area contributed by atoms with Gasteiger partial charge < -0.3 is 10.8 Å². The largest absolute Gasteiger partial charge is 0.393 e. The Morgan fingerprint density at radius 2 is 1.85 bits per heavy atom. The summed E-state index contributed by atoms with van der Waals surface area (Å²) >= 11 is 0. The minimum absolute atomic E-state index is 0.245. The summed E-state index contributed by atoms with van der Waals surface area (Å²) in [7, 11) is 0. The summed E-state index contributed by atoms with van der Waals surface area (Å²) in [6.07, 6.45) is 2.20. The van der Waals surface area contributed by atoms with Crippen LogP contribution >= 0.6 is 0 Å². The highest BCUT2D eigenvalue weighted by atomic mass is 16.3. The summed E-state index contributed by atoms with van der Waals surface area (Å²) in [5, 5.41) is 9.43. The quantitative estimate of drug-likeness (QED) is 0.716. The number of hydrogen-bond donors (Lipinski definition) is 2. The van der Waals surface area contributed by atoms with Gasteiger partial charge in [0.2, 0.25) is 0 Å². The number of nitrogens with two attached hydrogens (primary N) is 1. The number of aryl methyl sites for hydroxylation is 1. The van der Waals surface area contributed by atoms with Crippen molar-refractivity contribution in [3.05, 3.63) is 35.9 Å². The van der Waals surface area contributed by atoms with Crippen molar-refractivity contribution in [2.45, 2.75) is 25.4 Å². The molecule has 2 nitrogen and oxygen atoms in total. The third-order valence-electron chi connectivity index (χ3n) is 2.11. The average molecular weight is 179 g/mol. The van der Waals surface area contributed by atoms with Gasteiger partial charge in [-0.2, -0.15) is 0 Å². The van der Waals surface area contributed by atoms with Gasteiger partial charge in [0.05, 0.1) is 6.10 Å². The van der Waals surface area contributed by atoms with E-state index in [1.54, 1.807) is 0 Å². The number of benzene rings is 1. The molecule has 1 atom stereocenters. The lowest BCUT2D eigenvalue weighted by Crippen LogP contribution is -2.13. The molecule has 1 aromatic carbocycles. The zero-order valence-electron chi connectivity index (χ0n) is 7.82. The van der Waals surface area contributed by atoms with Crippen LogP contribution in [0.3, 0.4) is 0 Å². The van der Waals surface area contributed by atoms with E-state index < -0.39 is 0 Å². The lowest BCUT2D eigenvalue weighted by molar-refractivity contribution is 0.157. The fourth-order valence-electron chi connectivity index (χ4n) is 1.31. The van der Waals surface area contributed by atoms with Gasteiger partial charge in [-0.25, -0.2) is 0 Å². The molecule has 2 heteroatoms. The third-order valence-corrected chi connectivity index (χ3v) is 2.11. The Kier molecular flexibility index (Phi) is 4.50. The van der Waals surface area contributed by atoms with Crippen LogP contribution in [-0.4, -0.2) is 17.8 Å². The predicted octanol–water partition coefficient (Wildman–Crippen LogP) is 1.33. The first-order chi connectivity index (χ1) is 6.33. The first-order valence-corrected chi connectivity index (χ1v) is 4.75. The highest BCUT2D eigenvalue weighted by Gasteiger charge is 2.02. The third kappa shape index (κ3) is 4.06. The van der Waals surface area contributed by atoms with Gasteiger partial charge in [0.15, 0.2) is 0 Å². The van der Waals surface area contributed by atoms with Crippen LogP contribution in [0.4, 0.5) is 0 Å². The van der Waals surface area contributed by atoms with Crippen LogP contribution in [0.5, 0.6) is 0 Å². The molecule has 0 bridgehead atoms. The second-order valence-corrected chi connectivity index (χ2v) is 3.26. The molecule has 0 aliphatic rings. The van der Waals surface area contributed by atoms with E-state index in [1.165, 1.54) is 5.56 Å². The predicted molar refractivity (Wildman–Crippen MR) is 54.4 cm³/mol. The second-order valence-electron chi connectivity index (χ2n) is 3.26. The molecule has 0 unspecified atom stereocenters. The zero-order valence-corrected chi connectivity index (χ0v) is 7.82. The highest BCUT2D eigenvalue weighted by molar-refractivity contribution is 5.14. The minimum Gasteiger partial charge on any atom is -0.393 e. The van der Waals surface area contributed by atoms with Crippen LogP contribution < -0.4 is 5.73 Å². The Labute approximate surface area is 79.4 Å². The Morgan fingerprint density at radius 3 is 2.46 bits per heavy atom. The van der Waals surface area contributed by atoms with Crippen molar-refractivity contribution in [1.82, 2.24) is 0 Å². The zero-order chi connectivity index (χ0) is 9.52. The standard InChI is InChI=1S/C11H17NO/c12-9-8-11(13)7-6-10-4-2-1-3-5-10/h1-5,11,13H,6-9,12H2/t11-/m0/s1. The molecule has 0 radical (unpaired) electrons. The molecular weight excluding hydrogens is 162 g/mol. The molecular formula is C11H17NO. The van der Waals surface area contributed by atoms with Crippen molar-refractivity contribution < 1.29 is 5.11 Å². The van der Waals surface area contributed by atoms with Gasteiger partial charge in [0.25, 0.3) is 0 Å². The maximum absolute atomic E-state index is 9.43. The first kappa shape index (κ1) is 10.2. The highest BCUT2D eigenvalue weighted by Crippen LogP contribution is 2.06. The molecule has 0 aromatic heterocycles. The molecule has 0 spiro atoms. The first-order valence-electron chi connectivity index (χ1n) is 4.75. The number of hydrogen-bond acceptors (Lipinski definition) is 2. The van der Waals surface area contributed by atoms with Crippen molar-refractivity contribution in [3.63, 3.8) is 0 Å². The van der Waals surface area contributed by atoms with Crippen LogP contribution in [-0.2, 0) is 6.42 Å². The topological polar surface area (TPSA) is 46.2 Å². The normalized spacial score (nSPS) is 12.8. The van der Waals surface area contributed by atoms with E-state index in [9.17, 15) is 5.11 Å². The Hall–Kier alpha value is -0.860. The smallest absolute Gasteiger partial charge is 0.0555 e. The van der Waals surface area contributed by atoms with Gasteiger partial charge in [0, 0.05) is 0 Å². The molecule has 0 saturated carbocycles.